The van der Waals surface area contributed by atoms with Crippen LogP contribution < -0.4 is 5.32 Å². The first-order valence-corrected chi connectivity index (χ1v) is 12.5. The molecule has 1 saturated heterocycles. The summed E-state index contributed by atoms with van der Waals surface area (Å²) in [7, 11) is 0. The van der Waals surface area contributed by atoms with E-state index < -0.39 is 24.7 Å². The van der Waals surface area contributed by atoms with Crippen LogP contribution in [0.25, 0.3) is 0 Å². The lowest BCUT2D eigenvalue weighted by molar-refractivity contribution is -0.131. The number of hydrogen-bond acceptors (Lipinski definition) is 5. The van der Waals surface area contributed by atoms with Gasteiger partial charge in [0.2, 0.25) is 0 Å². The number of ketones is 1. The van der Waals surface area contributed by atoms with E-state index in [-0.39, 0.29) is 11.0 Å². The van der Waals surface area contributed by atoms with Gasteiger partial charge >= 0.3 is 6.43 Å². The van der Waals surface area contributed by atoms with Gasteiger partial charge in [0.05, 0.1) is 12.1 Å². The van der Waals surface area contributed by atoms with Crippen molar-refractivity contribution in [3.8, 4) is 0 Å². The number of nitrogens with one attached hydrogen (secondary N) is 1. The molecular weight excluding hydrogens is 450 g/mol. The fraction of sp³-hybridized carbons (Fsp3) is 0.556. The van der Waals surface area contributed by atoms with Crippen LogP contribution in [0.2, 0.25) is 0 Å². The van der Waals surface area contributed by atoms with Gasteiger partial charge < -0.3 is 10.2 Å². The van der Waals surface area contributed by atoms with Crippen molar-refractivity contribution in [1.29, 1.82) is 0 Å². The average molecular weight is 485 g/mol. The number of carbonyl (C=O) groups is 2. The van der Waals surface area contributed by atoms with Crippen LogP contribution >= 0.6 is 0 Å². The van der Waals surface area contributed by atoms with Gasteiger partial charge in [0.1, 0.15) is 5.82 Å². The molecule has 6 nitrogen and oxygen atoms in total. The molecule has 2 aliphatic rings. The van der Waals surface area contributed by atoms with Gasteiger partial charge in [0.25, 0.3) is 5.91 Å². The molecule has 0 spiro atoms. The highest BCUT2D eigenvalue weighted by molar-refractivity contribution is 5.99. The van der Waals surface area contributed by atoms with E-state index in [2.05, 4.69) is 53.0 Å². The Hall–Kier alpha value is -2.74. The number of aromatic nitrogens is 2. The van der Waals surface area contributed by atoms with Crippen LogP contribution in [0.1, 0.15) is 79.2 Å². The van der Waals surface area contributed by atoms with Gasteiger partial charge in [-0.15, -0.1) is 0 Å². The highest BCUT2D eigenvalue weighted by Gasteiger charge is 2.39. The first-order chi connectivity index (χ1) is 16.8. The average Bonchev–Trinajstić information content (AvgIpc) is 2.85. The van der Waals surface area contributed by atoms with Crippen molar-refractivity contribution >= 4 is 11.7 Å². The Morgan fingerprint density at radius 3 is 2.23 bits per heavy atom. The Morgan fingerprint density at radius 2 is 1.71 bits per heavy atom. The quantitative estimate of drug-likeness (QED) is 0.538. The Morgan fingerprint density at radius 1 is 1.09 bits per heavy atom. The van der Waals surface area contributed by atoms with Gasteiger partial charge in [-0.25, -0.2) is 9.97 Å². The molecule has 2 heterocycles. The van der Waals surface area contributed by atoms with Gasteiger partial charge in [-0.05, 0) is 69.7 Å². The standard InChI is InChI=1S/C27H34F2N4O2/c1-18(2)33-12-8-20(9-13-33)19-4-6-22(7-5-19)27(10-3-11-27)14-24-30-15-21(16-31-24)23(34)17-32-26(35)25(28)29/h4-7,15-16,18,20,25H,3,8-14,17H2,1-2H3,(H,32,35). The zero-order valence-electron chi connectivity index (χ0n) is 20.5. The van der Waals surface area contributed by atoms with Crippen LogP contribution in [0.15, 0.2) is 36.7 Å². The molecule has 1 aromatic heterocycles. The number of nitrogens with zero attached hydrogens (tertiary/aromatic N) is 3. The summed E-state index contributed by atoms with van der Waals surface area (Å²) in [5.74, 6) is -0.688. The molecule has 1 aromatic carbocycles. The molecule has 1 N–H and O–H groups in total. The minimum atomic E-state index is -3.15. The van der Waals surface area contributed by atoms with Crippen LogP contribution in [0, 0.1) is 0 Å². The van der Waals surface area contributed by atoms with Gasteiger partial charge in [-0.1, -0.05) is 30.7 Å². The maximum Gasteiger partial charge on any atom is 0.315 e. The van der Waals surface area contributed by atoms with Crippen LogP contribution in [-0.4, -0.2) is 58.7 Å². The molecule has 8 heteroatoms. The SMILES string of the molecule is CC(C)N1CCC(c2ccc(C3(Cc4ncc(C(=O)CNC(=O)C(F)F)cn4)CCC3)cc2)CC1. The van der Waals surface area contributed by atoms with E-state index >= 15 is 0 Å². The number of rotatable bonds is 9. The zero-order chi connectivity index (χ0) is 25.0. The van der Waals surface area contributed by atoms with Gasteiger partial charge in [0, 0.05) is 30.3 Å². The van der Waals surface area contributed by atoms with Crippen molar-refractivity contribution in [1.82, 2.24) is 20.2 Å². The molecule has 188 valence electrons. The molecule has 4 rings (SSSR count). The molecular formula is C27H34F2N4O2. The smallest absolute Gasteiger partial charge is 0.315 e. The van der Waals surface area contributed by atoms with Crippen LogP contribution in [-0.2, 0) is 16.6 Å². The molecule has 2 fully saturated rings. The lowest BCUT2D eigenvalue weighted by atomic mass is 9.62. The van der Waals surface area contributed by atoms with E-state index in [9.17, 15) is 18.4 Å². The zero-order valence-corrected chi connectivity index (χ0v) is 20.5. The monoisotopic (exact) mass is 484 g/mol. The van der Waals surface area contributed by atoms with Crippen molar-refractivity contribution in [3.63, 3.8) is 0 Å². The Bertz CT molecular complexity index is 1010. The second-order valence-electron chi connectivity index (χ2n) is 10.2. The summed E-state index contributed by atoms with van der Waals surface area (Å²) in [6, 6.07) is 9.74. The van der Waals surface area contributed by atoms with Crippen molar-refractivity contribution in [3.05, 3.63) is 59.2 Å². The number of benzene rings is 1. The Labute approximate surface area is 205 Å². The predicted octanol–water partition coefficient (Wildman–Crippen LogP) is 4.29. The maximum atomic E-state index is 12.3. The first-order valence-electron chi connectivity index (χ1n) is 12.5. The summed E-state index contributed by atoms with van der Waals surface area (Å²) in [4.78, 5) is 34.4. The summed E-state index contributed by atoms with van der Waals surface area (Å²) in [5.41, 5.74) is 2.94. The molecule has 1 saturated carbocycles. The van der Waals surface area contributed by atoms with Gasteiger partial charge in [-0.3, -0.25) is 9.59 Å². The summed E-state index contributed by atoms with van der Waals surface area (Å²) in [6.07, 6.45) is 6.08. The fourth-order valence-corrected chi connectivity index (χ4v) is 5.27. The van der Waals surface area contributed by atoms with Crippen molar-refractivity contribution in [2.45, 2.75) is 76.2 Å². The van der Waals surface area contributed by atoms with Crippen LogP contribution in [0.4, 0.5) is 8.78 Å². The summed E-state index contributed by atoms with van der Waals surface area (Å²) >= 11 is 0. The molecule has 1 aliphatic carbocycles. The van der Waals surface area contributed by atoms with Crippen molar-refractivity contribution in [2.24, 2.45) is 0 Å². The van der Waals surface area contributed by atoms with Crippen LogP contribution in [0.3, 0.4) is 0 Å². The van der Waals surface area contributed by atoms with Crippen LogP contribution in [0.5, 0.6) is 0 Å². The van der Waals surface area contributed by atoms with E-state index in [1.54, 1.807) is 0 Å². The largest absolute Gasteiger partial charge is 0.344 e. The molecule has 1 aliphatic heterocycles. The number of hydrogen-bond donors (Lipinski definition) is 1. The number of halogens is 2. The third kappa shape index (κ3) is 5.92. The van der Waals surface area contributed by atoms with Crippen molar-refractivity contribution < 1.29 is 18.4 Å². The summed E-state index contributed by atoms with van der Waals surface area (Å²) in [5, 5.41) is 1.91. The minimum absolute atomic E-state index is 0.0102. The third-order valence-electron chi connectivity index (χ3n) is 7.71. The minimum Gasteiger partial charge on any atom is -0.344 e. The molecule has 0 atom stereocenters. The van der Waals surface area contributed by atoms with Crippen molar-refractivity contribution in [2.75, 3.05) is 19.6 Å². The first kappa shape index (κ1) is 25.4. The highest BCUT2D eigenvalue weighted by Crippen LogP contribution is 2.46. The second kappa shape index (κ2) is 10.9. The topological polar surface area (TPSA) is 75.2 Å². The van der Waals surface area contributed by atoms with E-state index in [4.69, 9.17) is 0 Å². The van der Waals surface area contributed by atoms with E-state index in [1.165, 1.54) is 36.4 Å². The normalized spacial score (nSPS) is 18.5. The predicted molar refractivity (Wildman–Crippen MR) is 130 cm³/mol. The Balaban J connectivity index is 1.37. The highest BCUT2D eigenvalue weighted by atomic mass is 19.3. The lowest BCUT2D eigenvalue weighted by Crippen LogP contribution is -2.38. The lowest BCUT2D eigenvalue weighted by Gasteiger charge is -2.42. The third-order valence-corrected chi connectivity index (χ3v) is 7.71. The maximum absolute atomic E-state index is 12.3. The van der Waals surface area contributed by atoms with Gasteiger partial charge in [-0.2, -0.15) is 8.78 Å². The summed E-state index contributed by atoms with van der Waals surface area (Å²) < 4.78 is 24.6. The molecule has 0 unspecified atom stereocenters. The molecule has 0 radical (unpaired) electrons. The number of amides is 1. The van der Waals surface area contributed by atoms with Gasteiger partial charge in [0.15, 0.2) is 5.78 Å². The molecule has 1 amide bonds. The second-order valence-corrected chi connectivity index (χ2v) is 10.2. The number of alkyl halides is 2. The molecule has 0 bridgehead atoms. The Kier molecular flexibility index (Phi) is 7.89. The van der Waals surface area contributed by atoms with E-state index in [0.717, 1.165) is 32.4 Å². The number of carbonyl (C=O) groups excluding carboxylic acids is 2. The molecule has 35 heavy (non-hydrogen) atoms. The number of Topliss-reactive ketones (excluding diaryl/α,β-unsaturated/α-hetero) is 1. The molecule has 2 aromatic rings. The van der Waals surface area contributed by atoms with E-state index in [1.807, 2.05) is 5.32 Å². The fourth-order valence-electron chi connectivity index (χ4n) is 5.27. The number of likely N-dealkylation sites (tertiary alicyclic amines) is 1. The summed E-state index contributed by atoms with van der Waals surface area (Å²) in [6.45, 7) is 6.33. The number of piperidine rings is 1. The van der Waals surface area contributed by atoms with E-state index in [0.29, 0.717) is 24.2 Å².